The molecule has 17 heavy (non-hydrogen) atoms. The van der Waals surface area contributed by atoms with Crippen LogP contribution < -0.4 is 0 Å². The Morgan fingerprint density at radius 3 is 2.71 bits per heavy atom. The lowest BCUT2D eigenvalue weighted by Crippen LogP contribution is -1.95. The van der Waals surface area contributed by atoms with E-state index in [-0.39, 0.29) is 5.56 Å². The van der Waals surface area contributed by atoms with Crippen LogP contribution in [0.25, 0.3) is 11.3 Å². The summed E-state index contributed by atoms with van der Waals surface area (Å²) in [5, 5.41) is 16.1. The summed E-state index contributed by atoms with van der Waals surface area (Å²) in [6.07, 6.45) is 0. The number of hydrogen-bond acceptors (Lipinski definition) is 2. The third-order valence-electron chi connectivity index (χ3n) is 2.62. The van der Waals surface area contributed by atoms with Gasteiger partial charge in [0.05, 0.1) is 11.3 Å². The van der Waals surface area contributed by atoms with Crippen LogP contribution in [-0.2, 0) is 0 Å². The fourth-order valence-corrected chi connectivity index (χ4v) is 1.59. The maximum Gasteiger partial charge on any atom is 0.335 e. The van der Waals surface area contributed by atoms with Gasteiger partial charge >= 0.3 is 5.97 Å². The number of hydrogen-bond donors (Lipinski definition) is 2. The standard InChI is InChI=1S/C13H14N2O2/c1-8(2)11-7-12(15-14-11)9-4-3-5-10(6-9)13(16)17/h3-8H,1-2H3,(H,14,15)(H,16,17). The monoisotopic (exact) mass is 230 g/mol. The molecule has 0 unspecified atom stereocenters. The number of benzene rings is 1. The predicted molar refractivity (Wildman–Crippen MR) is 65.1 cm³/mol. The second-order valence-corrected chi connectivity index (χ2v) is 4.25. The molecule has 4 nitrogen and oxygen atoms in total. The highest BCUT2D eigenvalue weighted by molar-refractivity contribution is 5.89. The number of nitrogens with zero attached hydrogens (tertiary/aromatic N) is 1. The maximum atomic E-state index is 10.9. The fourth-order valence-electron chi connectivity index (χ4n) is 1.59. The van der Waals surface area contributed by atoms with Gasteiger partial charge in [-0.25, -0.2) is 4.79 Å². The summed E-state index contributed by atoms with van der Waals surface area (Å²) in [7, 11) is 0. The lowest BCUT2D eigenvalue weighted by Gasteiger charge is -1.99. The molecule has 2 aromatic rings. The zero-order chi connectivity index (χ0) is 12.4. The van der Waals surface area contributed by atoms with E-state index in [0.29, 0.717) is 5.92 Å². The predicted octanol–water partition coefficient (Wildman–Crippen LogP) is 2.90. The summed E-state index contributed by atoms with van der Waals surface area (Å²) in [5.41, 5.74) is 2.90. The summed E-state index contributed by atoms with van der Waals surface area (Å²) >= 11 is 0. The van der Waals surface area contributed by atoms with Gasteiger partial charge in [0.15, 0.2) is 0 Å². The van der Waals surface area contributed by atoms with Gasteiger partial charge in [0.25, 0.3) is 0 Å². The molecule has 0 aliphatic carbocycles. The minimum absolute atomic E-state index is 0.275. The Kier molecular flexibility index (Phi) is 2.95. The number of nitrogens with one attached hydrogen (secondary N) is 1. The third-order valence-corrected chi connectivity index (χ3v) is 2.62. The topological polar surface area (TPSA) is 66.0 Å². The first-order valence-electron chi connectivity index (χ1n) is 5.47. The van der Waals surface area contributed by atoms with Crippen molar-refractivity contribution in [2.45, 2.75) is 19.8 Å². The van der Waals surface area contributed by atoms with E-state index < -0.39 is 5.97 Å². The normalized spacial score (nSPS) is 10.8. The smallest absolute Gasteiger partial charge is 0.335 e. The average Bonchev–Trinajstić information content (AvgIpc) is 2.78. The highest BCUT2D eigenvalue weighted by atomic mass is 16.4. The molecule has 1 heterocycles. The summed E-state index contributed by atoms with van der Waals surface area (Å²) in [6.45, 7) is 4.15. The van der Waals surface area contributed by atoms with Gasteiger partial charge < -0.3 is 5.11 Å². The fraction of sp³-hybridized carbons (Fsp3) is 0.231. The molecule has 0 aliphatic rings. The molecule has 0 bridgehead atoms. The van der Waals surface area contributed by atoms with Crippen LogP contribution in [0.15, 0.2) is 30.3 Å². The minimum atomic E-state index is -0.925. The first-order chi connectivity index (χ1) is 8.08. The van der Waals surface area contributed by atoms with Crippen molar-refractivity contribution in [2.75, 3.05) is 0 Å². The number of rotatable bonds is 3. The third kappa shape index (κ3) is 2.36. The van der Waals surface area contributed by atoms with E-state index in [0.717, 1.165) is 17.0 Å². The SMILES string of the molecule is CC(C)c1cc(-c2cccc(C(=O)O)c2)n[nH]1. The summed E-state index contributed by atoms with van der Waals surface area (Å²) in [4.78, 5) is 10.9. The van der Waals surface area contributed by atoms with Crippen molar-refractivity contribution < 1.29 is 9.90 Å². The highest BCUT2D eigenvalue weighted by Gasteiger charge is 2.09. The molecule has 0 spiro atoms. The second kappa shape index (κ2) is 4.41. The number of carbonyl (C=O) groups is 1. The Balaban J connectivity index is 2.38. The van der Waals surface area contributed by atoms with Gasteiger partial charge in [0.2, 0.25) is 0 Å². The van der Waals surface area contributed by atoms with Crippen LogP contribution in [0.1, 0.15) is 35.8 Å². The van der Waals surface area contributed by atoms with Crippen molar-refractivity contribution in [3.05, 3.63) is 41.6 Å². The summed E-state index contributed by atoms with van der Waals surface area (Å²) < 4.78 is 0. The molecule has 0 saturated heterocycles. The van der Waals surface area contributed by atoms with Gasteiger partial charge in [-0.1, -0.05) is 26.0 Å². The van der Waals surface area contributed by atoms with Crippen LogP contribution in [0, 0.1) is 0 Å². The maximum absolute atomic E-state index is 10.9. The van der Waals surface area contributed by atoms with E-state index >= 15 is 0 Å². The summed E-state index contributed by atoms with van der Waals surface area (Å²) in [6, 6.07) is 8.73. The Morgan fingerprint density at radius 2 is 2.12 bits per heavy atom. The van der Waals surface area contributed by atoms with E-state index in [1.807, 2.05) is 12.1 Å². The van der Waals surface area contributed by atoms with E-state index in [1.54, 1.807) is 18.2 Å². The van der Waals surface area contributed by atoms with Crippen LogP contribution in [-0.4, -0.2) is 21.3 Å². The number of aromatic carboxylic acids is 1. The molecular weight excluding hydrogens is 216 g/mol. The van der Waals surface area contributed by atoms with E-state index in [4.69, 9.17) is 5.11 Å². The van der Waals surface area contributed by atoms with Gasteiger partial charge in [-0.2, -0.15) is 5.10 Å². The van der Waals surface area contributed by atoms with E-state index in [1.165, 1.54) is 0 Å². The molecule has 2 N–H and O–H groups in total. The number of aromatic amines is 1. The van der Waals surface area contributed by atoms with Crippen molar-refractivity contribution in [3.63, 3.8) is 0 Å². The molecule has 0 saturated carbocycles. The number of carboxylic acids is 1. The molecule has 0 aliphatic heterocycles. The lowest BCUT2D eigenvalue weighted by atomic mass is 10.1. The van der Waals surface area contributed by atoms with Gasteiger partial charge in [0, 0.05) is 11.3 Å². The van der Waals surface area contributed by atoms with Crippen molar-refractivity contribution in [1.29, 1.82) is 0 Å². The molecule has 0 atom stereocenters. The zero-order valence-corrected chi connectivity index (χ0v) is 9.77. The second-order valence-electron chi connectivity index (χ2n) is 4.25. The zero-order valence-electron chi connectivity index (χ0n) is 9.77. The molecule has 0 fully saturated rings. The lowest BCUT2D eigenvalue weighted by molar-refractivity contribution is 0.0697. The molecule has 4 heteroatoms. The Hall–Kier alpha value is -2.10. The van der Waals surface area contributed by atoms with Gasteiger partial charge in [-0.05, 0) is 24.1 Å². The first-order valence-corrected chi connectivity index (χ1v) is 5.47. The average molecular weight is 230 g/mol. The highest BCUT2D eigenvalue weighted by Crippen LogP contribution is 2.22. The Labute approximate surface area is 99.3 Å². The number of aromatic nitrogens is 2. The van der Waals surface area contributed by atoms with Gasteiger partial charge in [-0.15, -0.1) is 0 Å². The van der Waals surface area contributed by atoms with Crippen molar-refractivity contribution >= 4 is 5.97 Å². The van der Waals surface area contributed by atoms with Crippen LogP contribution in [0.3, 0.4) is 0 Å². The number of carboxylic acid groups (broad SMARTS) is 1. The molecule has 0 amide bonds. The molecule has 88 valence electrons. The van der Waals surface area contributed by atoms with Gasteiger partial charge in [0.1, 0.15) is 0 Å². The minimum Gasteiger partial charge on any atom is -0.478 e. The molecule has 1 aromatic carbocycles. The first kappa shape index (κ1) is 11.4. The van der Waals surface area contributed by atoms with Crippen LogP contribution >= 0.6 is 0 Å². The van der Waals surface area contributed by atoms with Crippen LogP contribution in [0.2, 0.25) is 0 Å². The largest absolute Gasteiger partial charge is 0.478 e. The van der Waals surface area contributed by atoms with Crippen LogP contribution in [0.5, 0.6) is 0 Å². The Morgan fingerprint density at radius 1 is 1.35 bits per heavy atom. The quantitative estimate of drug-likeness (QED) is 0.852. The summed E-state index contributed by atoms with van der Waals surface area (Å²) in [5.74, 6) is -0.551. The van der Waals surface area contributed by atoms with Gasteiger partial charge in [-0.3, -0.25) is 5.10 Å². The van der Waals surface area contributed by atoms with Crippen molar-refractivity contribution in [1.82, 2.24) is 10.2 Å². The Bertz CT molecular complexity index is 544. The molecular formula is C13H14N2O2. The van der Waals surface area contributed by atoms with Crippen molar-refractivity contribution in [2.24, 2.45) is 0 Å². The number of H-pyrrole nitrogens is 1. The molecule has 2 rings (SSSR count). The molecule has 0 radical (unpaired) electrons. The van der Waals surface area contributed by atoms with Crippen molar-refractivity contribution in [3.8, 4) is 11.3 Å². The molecule has 1 aromatic heterocycles. The van der Waals surface area contributed by atoms with Crippen LogP contribution in [0.4, 0.5) is 0 Å². The van der Waals surface area contributed by atoms with E-state index in [2.05, 4.69) is 24.0 Å². The van der Waals surface area contributed by atoms with E-state index in [9.17, 15) is 4.79 Å².